The van der Waals surface area contributed by atoms with Crippen molar-refractivity contribution in [3.8, 4) is 0 Å². The van der Waals surface area contributed by atoms with Gasteiger partial charge in [0, 0.05) is 23.4 Å². The molecule has 3 N–H and O–H groups in total. The Morgan fingerprint density at radius 2 is 1.56 bits per heavy atom. The molecule has 0 saturated carbocycles. The minimum absolute atomic E-state index is 0.145. The highest BCUT2D eigenvalue weighted by molar-refractivity contribution is 6.30. The smallest absolute Gasteiger partial charge is 0.319 e. The summed E-state index contributed by atoms with van der Waals surface area (Å²) in [7, 11) is 1.50. The summed E-state index contributed by atoms with van der Waals surface area (Å²) in [5.41, 5.74) is 1.20. The van der Waals surface area contributed by atoms with Gasteiger partial charge in [-0.1, -0.05) is 29.8 Å². The van der Waals surface area contributed by atoms with Gasteiger partial charge in [-0.25, -0.2) is 4.79 Å². The topological polar surface area (TPSA) is 90.5 Å². The maximum absolute atomic E-state index is 12.3. The van der Waals surface area contributed by atoms with Crippen LogP contribution in [0.5, 0.6) is 0 Å². The van der Waals surface area contributed by atoms with Crippen LogP contribution >= 0.6 is 11.6 Å². The fourth-order valence-electron chi connectivity index (χ4n) is 2.30. The number of halogens is 1. The van der Waals surface area contributed by atoms with Gasteiger partial charge >= 0.3 is 6.03 Å². The van der Waals surface area contributed by atoms with E-state index in [0.717, 1.165) is 0 Å². The highest BCUT2D eigenvalue weighted by Crippen LogP contribution is 2.13. The molecule has 2 aromatic carbocycles. The van der Waals surface area contributed by atoms with Crippen molar-refractivity contribution in [1.82, 2.24) is 10.2 Å². The van der Waals surface area contributed by atoms with Gasteiger partial charge in [0.2, 0.25) is 11.8 Å². The number of nitrogens with one attached hydrogen (secondary N) is 3. The molecule has 0 radical (unpaired) electrons. The standard InChI is InChI=1S/C19H21ClN4O3/c1-13(21-19(27)23-15-6-4-3-5-7-15)18(26)24(2)12-17(25)22-16-10-8-14(20)9-11-16/h3-11,13H,12H2,1-2H3,(H,22,25)(H2,21,23,27)/t13-/m0/s1. The molecular formula is C19H21ClN4O3. The highest BCUT2D eigenvalue weighted by atomic mass is 35.5. The molecule has 0 saturated heterocycles. The molecule has 2 rings (SSSR count). The average molecular weight is 389 g/mol. The zero-order valence-corrected chi connectivity index (χ0v) is 15.8. The number of likely N-dealkylation sites (N-methyl/N-ethyl adjacent to an activating group) is 1. The number of amides is 4. The maximum Gasteiger partial charge on any atom is 0.319 e. The minimum Gasteiger partial charge on any atom is -0.335 e. The van der Waals surface area contributed by atoms with Gasteiger partial charge in [-0.3, -0.25) is 9.59 Å². The third-order valence-electron chi connectivity index (χ3n) is 3.63. The van der Waals surface area contributed by atoms with Crippen molar-refractivity contribution in [2.24, 2.45) is 0 Å². The second-order valence-electron chi connectivity index (χ2n) is 5.94. The molecule has 0 unspecified atom stereocenters. The van der Waals surface area contributed by atoms with Crippen LogP contribution in [0.1, 0.15) is 6.92 Å². The largest absolute Gasteiger partial charge is 0.335 e. The number of carbonyl (C=O) groups is 3. The Balaban J connectivity index is 1.81. The molecule has 2 aromatic rings. The fraction of sp³-hybridized carbons (Fsp3) is 0.211. The average Bonchev–Trinajstić information content (AvgIpc) is 2.63. The summed E-state index contributed by atoms with van der Waals surface area (Å²) >= 11 is 5.80. The summed E-state index contributed by atoms with van der Waals surface area (Å²) in [5, 5.41) is 8.42. The molecule has 0 aliphatic heterocycles. The molecule has 7 nitrogen and oxygen atoms in total. The van der Waals surface area contributed by atoms with Crippen LogP contribution in [0.25, 0.3) is 0 Å². The fourth-order valence-corrected chi connectivity index (χ4v) is 2.43. The highest BCUT2D eigenvalue weighted by Gasteiger charge is 2.21. The summed E-state index contributed by atoms with van der Waals surface area (Å²) in [6.45, 7) is 1.41. The SMILES string of the molecule is C[C@H](NC(=O)Nc1ccccc1)C(=O)N(C)CC(=O)Nc1ccc(Cl)cc1. The quantitative estimate of drug-likeness (QED) is 0.710. The zero-order valence-electron chi connectivity index (χ0n) is 15.0. The van der Waals surface area contributed by atoms with Crippen LogP contribution in [0.3, 0.4) is 0 Å². The first-order valence-corrected chi connectivity index (χ1v) is 8.66. The Bertz CT molecular complexity index is 796. The number of hydrogen-bond donors (Lipinski definition) is 3. The molecule has 8 heteroatoms. The molecule has 0 aliphatic carbocycles. The number of nitrogens with zero attached hydrogens (tertiary/aromatic N) is 1. The van der Waals surface area contributed by atoms with Crippen LogP contribution < -0.4 is 16.0 Å². The van der Waals surface area contributed by atoms with Gasteiger partial charge in [-0.05, 0) is 43.3 Å². The Hall–Kier alpha value is -3.06. The Morgan fingerprint density at radius 1 is 0.963 bits per heavy atom. The first-order chi connectivity index (χ1) is 12.8. The van der Waals surface area contributed by atoms with Crippen LogP contribution in [0.4, 0.5) is 16.2 Å². The second-order valence-corrected chi connectivity index (χ2v) is 6.37. The summed E-state index contributed by atoms with van der Waals surface area (Å²) < 4.78 is 0. The molecule has 0 bridgehead atoms. The molecule has 0 aromatic heterocycles. The van der Waals surface area contributed by atoms with Gasteiger partial charge in [0.15, 0.2) is 0 Å². The van der Waals surface area contributed by atoms with E-state index in [-0.39, 0.29) is 18.4 Å². The molecule has 0 spiro atoms. The van der Waals surface area contributed by atoms with E-state index in [9.17, 15) is 14.4 Å². The van der Waals surface area contributed by atoms with E-state index in [1.54, 1.807) is 55.5 Å². The van der Waals surface area contributed by atoms with Crippen molar-refractivity contribution >= 4 is 40.8 Å². The lowest BCUT2D eigenvalue weighted by Crippen LogP contribution is -2.48. The van der Waals surface area contributed by atoms with Crippen LogP contribution in [0, 0.1) is 0 Å². The first kappa shape index (κ1) is 20.3. The summed E-state index contributed by atoms with van der Waals surface area (Å²) in [5.74, 6) is -0.737. The predicted octanol–water partition coefficient (Wildman–Crippen LogP) is 2.95. The lowest BCUT2D eigenvalue weighted by atomic mass is 10.3. The van der Waals surface area contributed by atoms with Crippen molar-refractivity contribution in [3.05, 3.63) is 59.6 Å². The van der Waals surface area contributed by atoms with Crippen molar-refractivity contribution in [2.75, 3.05) is 24.2 Å². The zero-order chi connectivity index (χ0) is 19.8. The van der Waals surface area contributed by atoms with E-state index >= 15 is 0 Å². The first-order valence-electron chi connectivity index (χ1n) is 8.28. The summed E-state index contributed by atoms with van der Waals surface area (Å²) in [6.07, 6.45) is 0. The molecular weight excluding hydrogens is 368 g/mol. The van der Waals surface area contributed by atoms with Crippen molar-refractivity contribution < 1.29 is 14.4 Å². The van der Waals surface area contributed by atoms with E-state index in [0.29, 0.717) is 16.4 Å². The van der Waals surface area contributed by atoms with Gasteiger partial charge in [0.05, 0.1) is 6.54 Å². The Kier molecular flexibility index (Phi) is 7.19. The lowest BCUT2D eigenvalue weighted by molar-refractivity contribution is -0.134. The monoisotopic (exact) mass is 388 g/mol. The van der Waals surface area contributed by atoms with Crippen LogP contribution in [-0.4, -0.2) is 42.4 Å². The molecule has 0 aliphatic rings. The van der Waals surface area contributed by atoms with E-state index < -0.39 is 12.1 Å². The maximum atomic E-state index is 12.3. The minimum atomic E-state index is -0.790. The van der Waals surface area contributed by atoms with Gasteiger partial charge < -0.3 is 20.9 Å². The van der Waals surface area contributed by atoms with Gasteiger partial charge in [-0.2, -0.15) is 0 Å². The van der Waals surface area contributed by atoms with Crippen LogP contribution in [0.15, 0.2) is 54.6 Å². The third kappa shape index (κ3) is 6.63. The normalized spacial score (nSPS) is 11.2. The molecule has 1 atom stereocenters. The van der Waals surface area contributed by atoms with Crippen molar-refractivity contribution in [3.63, 3.8) is 0 Å². The number of carbonyl (C=O) groups excluding carboxylic acids is 3. The van der Waals surface area contributed by atoms with E-state index in [4.69, 9.17) is 11.6 Å². The third-order valence-corrected chi connectivity index (χ3v) is 3.89. The van der Waals surface area contributed by atoms with Crippen LogP contribution in [0.2, 0.25) is 5.02 Å². The number of urea groups is 1. The van der Waals surface area contributed by atoms with E-state index in [1.807, 2.05) is 6.07 Å². The molecule has 0 fully saturated rings. The van der Waals surface area contributed by atoms with Crippen molar-refractivity contribution in [1.29, 1.82) is 0 Å². The Morgan fingerprint density at radius 3 is 2.19 bits per heavy atom. The number of benzene rings is 2. The molecule has 4 amide bonds. The number of para-hydroxylation sites is 1. The van der Waals surface area contributed by atoms with E-state index in [2.05, 4.69) is 16.0 Å². The molecule has 0 heterocycles. The number of anilines is 2. The molecule has 142 valence electrons. The van der Waals surface area contributed by atoms with Gasteiger partial charge in [-0.15, -0.1) is 0 Å². The van der Waals surface area contributed by atoms with E-state index in [1.165, 1.54) is 11.9 Å². The summed E-state index contributed by atoms with van der Waals surface area (Å²) in [6, 6.07) is 14.2. The number of rotatable bonds is 6. The van der Waals surface area contributed by atoms with Gasteiger partial charge in [0.25, 0.3) is 0 Å². The lowest BCUT2D eigenvalue weighted by Gasteiger charge is -2.22. The Labute approximate surface area is 162 Å². The van der Waals surface area contributed by atoms with Crippen molar-refractivity contribution in [2.45, 2.75) is 13.0 Å². The predicted molar refractivity (Wildman–Crippen MR) is 106 cm³/mol. The second kappa shape index (κ2) is 9.59. The molecule has 27 heavy (non-hydrogen) atoms. The summed E-state index contributed by atoms with van der Waals surface area (Å²) in [4.78, 5) is 37.6. The van der Waals surface area contributed by atoms with Crippen LogP contribution in [-0.2, 0) is 9.59 Å². The number of hydrogen-bond acceptors (Lipinski definition) is 3. The van der Waals surface area contributed by atoms with Gasteiger partial charge in [0.1, 0.15) is 6.04 Å².